The number of hydrogen-bond acceptors (Lipinski definition) is 11. The molecule has 0 aromatic rings. The van der Waals surface area contributed by atoms with E-state index >= 15 is 0 Å². The molecule has 2 fully saturated rings. The molecule has 2 aliphatic heterocycles. The maximum Gasteiger partial charge on any atom is 0.195 e. The van der Waals surface area contributed by atoms with Gasteiger partial charge >= 0.3 is 0 Å². The Morgan fingerprint density at radius 2 is 0.958 bits per heavy atom. The normalized spacial score (nSPS) is 49.8. The van der Waals surface area contributed by atoms with Crippen molar-refractivity contribution in [2.75, 3.05) is 13.2 Å². The summed E-state index contributed by atoms with van der Waals surface area (Å²) < 4.78 is 10.1. The Balaban J connectivity index is 2.20. The number of Topliss-reactive ketones (excluding diaryl/α,β-unsaturated/α-hetero) is 1. The van der Waals surface area contributed by atoms with Gasteiger partial charge in [0.15, 0.2) is 5.78 Å². The number of hydrogen-bond donors (Lipinski definition) is 8. The Labute approximate surface area is 136 Å². The third-order valence-electron chi connectivity index (χ3n) is 4.35. The summed E-state index contributed by atoms with van der Waals surface area (Å²) in [7, 11) is 0. The second-order valence-corrected chi connectivity index (χ2v) is 5.90. The Morgan fingerprint density at radius 1 is 0.625 bits per heavy atom. The first-order valence-electron chi connectivity index (χ1n) is 7.39. The summed E-state index contributed by atoms with van der Waals surface area (Å²) in [5.74, 6) is -1.08. The van der Waals surface area contributed by atoms with Crippen LogP contribution in [-0.4, -0.2) is 121 Å². The zero-order chi connectivity index (χ0) is 18.2. The van der Waals surface area contributed by atoms with Crippen LogP contribution in [0.15, 0.2) is 0 Å². The average molecular weight is 354 g/mol. The largest absolute Gasteiger partial charge is 0.394 e. The summed E-state index contributed by atoms with van der Waals surface area (Å²) >= 11 is 0. The smallest absolute Gasteiger partial charge is 0.195 e. The third kappa shape index (κ3) is 3.32. The molecule has 8 N–H and O–H groups in total. The predicted molar refractivity (Wildman–Crippen MR) is 72.5 cm³/mol. The van der Waals surface area contributed by atoms with Crippen molar-refractivity contribution in [3.63, 3.8) is 0 Å². The molecule has 0 aromatic carbocycles. The van der Waals surface area contributed by atoms with E-state index < -0.39 is 80.0 Å². The minimum atomic E-state index is -1.87. The number of carbonyl (C=O) groups excluding carboxylic acids is 1. The zero-order valence-corrected chi connectivity index (χ0v) is 12.5. The highest BCUT2D eigenvalue weighted by atomic mass is 16.6. The summed E-state index contributed by atoms with van der Waals surface area (Å²) in [5.41, 5.74) is 0. The van der Waals surface area contributed by atoms with Crippen LogP contribution >= 0.6 is 0 Å². The van der Waals surface area contributed by atoms with Gasteiger partial charge in [-0.25, -0.2) is 0 Å². The maximum absolute atomic E-state index is 12.5. The van der Waals surface area contributed by atoms with Gasteiger partial charge in [-0.3, -0.25) is 4.79 Å². The molecular formula is C13H22O11. The number of aliphatic hydroxyl groups is 8. The lowest BCUT2D eigenvalue weighted by molar-refractivity contribution is -0.249. The topological polar surface area (TPSA) is 197 Å². The standard InChI is InChI=1S/C13H22O11/c14-1-3-5(16)7(18)9(20)12(23-3)11(22)13-10(21)8(19)6(17)4(2-15)24-13/h3-10,12-21H,1-2H2/t3-,4-,5-,6-,7+,8+,9-,10-,12?,13?/m0/s1. The van der Waals surface area contributed by atoms with E-state index in [2.05, 4.69) is 0 Å². The molecule has 0 radical (unpaired) electrons. The number of aliphatic hydroxyl groups excluding tert-OH is 8. The van der Waals surface area contributed by atoms with Crippen molar-refractivity contribution < 1.29 is 55.1 Å². The monoisotopic (exact) mass is 354 g/mol. The second-order valence-electron chi connectivity index (χ2n) is 5.90. The van der Waals surface area contributed by atoms with Crippen LogP contribution in [-0.2, 0) is 14.3 Å². The molecule has 140 valence electrons. The fourth-order valence-corrected chi connectivity index (χ4v) is 2.84. The van der Waals surface area contributed by atoms with Crippen molar-refractivity contribution in [3.05, 3.63) is 0 Å². The molecule has 0 bridgehead atoms. The van der Waals surface area contributed by atoms with E-state index in [1.54, 1.807) is 0 Å². The molecule has 0 aliphatic carbocycles. The van der Waals surface area contributed by atoms with E-state index in [0.717, 1.165) is 0 Å². The Kier molecular flexibility index (Phi) is 6.25. The molecule has 0 spiro atoms. The lowest BCUT2D eigenvalue weighted by Gasteiger charge is -2.43. The molecule has 0 amide bonds. The molecule has 24 heavy (non-hydrogen) atoms. The van der Waals surface area contributed by atoms with Gasteiger partial charge in [0.25, 0.3) is 0 Å². The van der Waals surface area contributed by atoms with E-state index in [9.17, 15) is 35.4 Å². The number of ether oxygens (including phenoxy) is 2. The van der Waals surface area contributed by atoms with E-state index in [1.165, 1.54) is 0 Å². The fourth-order valence-electron chi connectivity index (χ4n) is 2.84. The SMILES string of the molecule is O=C(C1O[C@@H](CO)[C@H](O)[C@@H](O)[C@@H]1O)C1O[C@@H](CO)[C@H](O)[C@@H](O)[C@@H]1O. The third-order valence-corrected chi connectivity index (χ3v) is 4.35. The minimum absolute atomic E-state index is 0.747. The van der Waals surface area contributed by atoms with Crippen molar-refractivity contribution >= 4 is 5.78 Å². The van der Waals surface area contributed by atoms with Crippen molar-refractivity contribution in [2.45, 2.75) is 61.0 Å². The van der Waals surface area contributed by atoms with Gasteiger partial charge in [0.2, 0.25) is 0 Å². The summed E-state index contributed by atoms with van der Waals surface area (Å²) in [6, 6.07) is 0. The van der Waals surface area contributed by atoms with E-state index in [1.807, 2.05) is 0 Å². The van der Waals surface area contributed by atoms with Gasteiger partial charge in [-0.1, -0.05) is 0 Å². The highest BCUT2D eigenvalue weighted by Crippen LogP contribution is 2.27. The van der Waals surface area contributed by atoms with Crippen molar-refractivity contribution in [1.82, 2.24) is 0 Å². The molecule has 2 unspecified atom stereocenters. The van der Waals surface area contributed by atoms with E-state index in [-0.39, 0.29) is 0 Å². The van der Waals surface area contributed by atoms with Crippen molar-refractivity contribution in [3.8, 4) is 0 Å². The molecule has 0 saturated carbocycles. The van der Waals surface area contributed by atoms with Crippen LogP contribution < -0.4 is 0 Å². The van der Waals surface area contributed by atoms with Gasteiger partial charge in [-0.2, -0.15) is 0 Å². The molecule has 0 aromatic heterocycles. The Morgan fingerprint density at radius 3 is 1.25 bits per heavy atom. The van der Waals surface area contributed by atoms with Gasteiger partial charge in [0.05, 0.1) is 13.2 Å². The van der Waals surface area contributed by atoms with Crippen molar-refractivity contribution in [1.29, 1.82) is 0 Å². The molecule has 2 heterocycles. The molecule has 10 atom stereocenters. The molecule has 2 aliphatic rings. The van der Waals surface area contributed by atoms with Gasteiger partial charge in [0.1, 0.15) is 61.0 Å². The first-order chi connectivity index (χ1) is 11.2. The van der Waals surface area contributed by atoms with Crippen LogP contribution in [0.3, 0.4) is 0 Å². The van der Waals surface area contributed by atoms with Gasteiger partial charge in [-0.15, -0.1) is 0 Å². The summed E-state index contributed by atoms with van der Waals surface area (Å²) in [6.07, 6.45) is -16.9. The quantitative estimate of drug-likeness (QED) is 0.239. The highest BCUT2D eigenvalue weighted by molar-refractivity contribution is 5.89. The molecule has 2 saturated heterocycles. The predicted octanol–water partition coefficient (Wildman–Crippen LogP) is -5.76. The Bertz CT molecular complexity index is 404. The minimum Gasteiger partial charge on any atom is -0.394 e. The highest BCUT2D eigenvalue weighted by Gasteiger charge is 2.53. The molecule has 11 nitrogen and oxygen atoms in total. The lowest BCUT2D eigenvalue weighted by atomic mass is 9.87. The van der Waals surface area contributed by atoms with Crippen molar-refractivity contribution in [2.24, 2.45) is 0 Å². The van der Waals surface area contributed by atoms with Gasteiger partial charge in [-0.05, 0) is 0 Å². The molecule has 11 heteroatoms. The van der Waals surface area contributed by atoms with Crippen LogP contribution in [0.25, 0.3) is 0 Å². The first-order valence-corrected chi connectivity index (χ1v) is 7.39. The maximum atomic E-state index is 12.5. The van der Waals surface area contributed by atoms with E-state index in [4.69, 9.17) is 19.7 Å². The average Bonchev–Trinajstić information content (AvgIpc) is 2.58. The van der Waals surface area contributed by atoms with E-state index in [0.29, 0.717) is 0 Å². The van der Waals surface area contributed by atoms with Crippen LogP contribution in [0, 0.1) is 0 Å². The first kappa shape index (κ1) is 19.6. The Hall–Kier alpha value is -0.730. The summed E-state index contributed by atoms with van der Waals surface area (Å²) in [6.45, 7) is -1.49. The van der Waals surface area contributed by atoms with Crippen LogP contribution in [0.5, 0.6) is 0 Å². The number of rotatable bonds is 4. The van der Waals surface area contributed by atoms with Crippen LogP contribution in [0.4, 0.5) is 0 Å². The van der Waals surface area contributed by atoms with Gasteiger partial charge in [0, 0.05) is 0 Å². The van der Waals surface area contributed by atoms with Gasteiger partial charge < -0.3 is 50.3 Å². The lowest BCUT2D eigenvalue weighted by Crippen LogP contribution is -2.66. The fraction of sp³-hybridized carbons (Fsp3) is 0.923. The second kappa shape index (κ2) is 7.66. The summed E-state index contributed by atoms with van der Waals surface area (Å²) in [5, 5.41) is 76.8. The number of carbonyl (C=O) groups is 1. The zero-order valence-electron chi connectivity index (χ0n) is 12.5. The molecule has 2 rings (SSSR count). The van der Waals surface area contributed by atoms with Crippen LogP contribution in [0.1, 0.15) is 0 Å². The summed E-state index contributed by atoms with van der Waals surface area (Å²) in [4.78, 5) is 12.5. The number of ketones is 1. The molecular weight excluding hydrogens is 332 g/mol. The van der Waals surface area contributed by atoms with Crippen LogP contribution in [0.2, 0.25) is 0 Å².